The van der Waals surface area contributed by atoms with Crippen molar-refractivity contribution in [2.75, 3.05) is 11.9 Å². The first-order valence-corrected chi connectivity index (χ1v) is 9.83. The van der Waals surface area contributed by atoms with E-state index >= 15 is 0 Å². The van der Waals surface area contributed by atoms with Crippen molar-refractivity contribution < 1.29 is 9.59 Å². The lowest BCUT2D eigenvalue weighted by molar-refractivity contribution is -0.124. The third-order valence-corrected chi connectivity index (χ3v) is 4.90. The van der Waals surface area contributed by atoms with Gasteiger partial charge in [0.05, 0.1) is 6.54 Å². The van der Waals surface area contributed by atoms with Gasteiger partial charge in [0.2, 0.25) is 11.8 Å². The highest BCUT2D eigenvalue weighted by Crippen LogP contribution is 2.27. The van der Waals surface area contributed by atoms with Gasteiger partial charge in [0, 0.05) is 22.5 Å². The van der Waals surface area contributed by atoms with E-state index in [1.54, 1.807) is 12.1 Å². The van der Waals surface area contributed by atoms with Crippen LogP contribution in [0.3, 0.4) is 0 Å². The molecule has 142 valence electrons. The number of amides is 2. The average molecular weight is 437 g/mol. The first kappa shape index (κ1) is 19.8. The maximum Gasteiger partial charge on any atom is 0.243 e. The van der Waals surface area contributed by atoms with Gasteiger partial charge >= 0.3 is 0 Å². The SMILES string of the molecule is O=C(CC(c1ccccc1)c1ccccc1)NCC(=O)Nc1ccc(Br)cc1. The number of hydrogen-bond acceptors (Lipinski definition) is 2. The predicted octanol–water partition coefficient (Wildman–Crippen LogP) is 4.73. The molecule has 0 aliphatic heterocycles. The van der Waals surface area contributed by atoms with Gasteiger partial charge in [-0.1, -0.05) is 76.6 Å². The van der Waals surface area contributed by atoms with Crippen LogP contribution < -0.4 is 10.6 Å². The Bertz CT molecular complexity index is 873. The highest BCUT2D eigenvalue weighted by atomic mass is 79.9. The Kier molecular flexibility index (Phi) is 6.98. The van der Waals surface area contributed by atoms with Gasteiger partial charge in [0.25, 0.3) is 0 Å². The number of rotatable bonds is 7. The average Bonchev–Trinajstić information content (AvgIpc) is 2.73. The molecule has 0 aliphatic carbocycles. The number of carbonyl (C=O) groups excluding carboxylic acids is 2. The topological polar surface area (TPSA) is 58.2 Å². The number of nitrogens with one attached hydrogen (secondary N) is 2. The number of halogens is 1. The molecule has 0 bridgehead atoms. The summed E-state index contributed by atoms with van der Waals surface area (Å²) in [5.74, 6) is -0.479. The van der Waals surface area contributed by atoms with E-state index in [4.69, 9.17) is 0 Å². The van der Waals surface area contributed by atoms with Crippen molar-refractivity contribution in [3.8, 4) is 0 Å². The molecule has 28 heavy (non-hydrogen) atoms. The summed E-state index contributed by atoms with van der Waals surface area (Å²) < 4.78 is 0.937. The Morgan fingerprint density at radius 1 is 0.750 bits per heavy atom. The summed E-state index contributed by atoms with van der Waals surface area (Å²) in [6.45, 7) is -0.0643. The highest BCUT2D eigenvalue weighted by Gasteiger charge is 2.18. The molecule has 3 aromatic rings. The fraction of sp³-hybridized carbons (Fsp3) is 0.130. The smallest absolute Gasteiger partial charge is 0.243 e. The third kappa shape index (κ3) is 5.79. The van der Waals surface area contributed by atoms with Gasteiger partial charge in [-0.3, -0.25) is 9.59 Å². The van der Waals surface area contributed by atoms with Crippen LogP contribution in [0, 0.1) is 0 Å². The van der Waals surface area contributed by atoms with Gasteiger partial charge in [-0.15, -0.1) is 0 Å². The lowest BCUT2D eigenvalue weighted by atomic mass is 9.88. The Hall–Kier alpha value is -2.92. The fourth-order valence-corrected chi connectivity index (χ4v) is 3.24. The summed E-state index contributed by atoms with van der Waals surface area (Å²) in [6.07, 6.45) is 0.277. The molecule has 0 unspecified atom stereocenters. The number of carbonyl (C=O) groups is 2. The summed E-state index contributed by atoms with van der Waals surface area (Å²) in [5, 5.41) is 5.49. The van der Waals surface area contributed by atoms with E-state index in [1.807, 2.05) is 72.8 Å². The van der Waals surface area contributed by atoms with E-state index in [0.717, 1.165) is 15.6 Å². The summed E-state index contributed by atoms with van der Waals surface area (Å²) >= 11 is 3.35. The van der Waals surface area contributed by atoms with E-state index < -0.39 is 0 Å². The summed E-state index contributed by atoms with van der Waals surface area (Å²) in [6, 6.07) is 27.1. The van der Waals surface area contributed by atoms with E-state index in [0.29, 0.717) is 5.69 Å². The van der Waals surface area contributed by atoms with E-state index in [1.165, 1.54) is 0 Å². The highest BCUT2D eigenvalue weighted by molar-refractivity contribution is 9.10. The minimum Gasteiger partial charge on any atom is -0.347 e. The molecule has 0 heterocycles. The monoisotopic (exact) mass is 436 g/mol. The molecule has 2 amide bonds. The number of anilines is 1. The Labute approximate surface area is 173 Å². The van der Waals surface area contributed by atoms with Crippen molar-refractivity contribution in [2.24, 2.45) is 0 Å². The Morgan fingerprint density at radius 3 is 1.82 bits per heavy atom. The molecule has 3 aromatic carbocycles. The molecule has 0 aliphatic rings. The Balaban J connectivity index is 1.59. The second-order valence-electron chi connectivity index (χ2n) is 6.41. The summed E-state index contributed by atoms with van der Waals surface area (Å²) in [4.78, 5) is 24.6. The maximum atomic E-state index is 12.5. The zero-order valence-corrected chi connectivity index (χ0v) is 16.9. The lowest BCUT2D eigenvalue weighted by Gasteiger charge is -2.18. The predicted molar refractivity (Wildman–Crippen MR) is 115 cm³/mol. The van der Waals surface area contributed by atoms with E-state index in [2.05, 4.69) is 26.6 Å². The van der Waals surface area contributed by atoms with Gasteiger partial charge in [0.15, 0.2) is 0 Å². The van der Waals surface area contributed by atoms with Crippen molar-refractivity contribution >= 4 is 33.4 Å². The summed E-state index contributed by atoms with van der Waals surface area (Å²) in [5.41, 5.74) is 2.83. The van der Waals surface area contributed by atoms with Crippen LogP contribution in [0.1, 0.15) is 23.5 Å². The Morgan fingerprint density at radius 2 is 1.29 bits per heavy atom. The maximum absolute atomic E-state index is 12.5. The number of benzene rings is 3. The molecule has 0 radical (unpaired) electrons. The zero-order chi connectivity index (χ0) is 19.8. The molecule has 0 saturated heterocycles. The van der Waals surface area contributed by atoms with Gasteiger partial charge in [-0.2, -0.15) is 0 Å². The van der Waals surface area contributed by atoms with Crippen LogP contribution >= 0.6 is 15.9 Å². The van der Waals surface area contributed by atoms with Crippen molar-refractivity contribution in [1.29, 1.82) is 0 Å². The molecular weight excluding hydrogens is 416 g/mol. The fourth-order valence-electron chi connectivity index (χ4n) is 2.97. The van der Waals surface area contributed by atoms with Crippen molar-refractivity contribution in [2.45, 2.75) is 12.3 Å². The lowest BCUT2D eigenvalue weighted by Crippen LogP contribution is -2.33. The van der Waals surface area contributed by atoms with Crippen LogP contribution in [-0.2, 0) is 9.59 Å². The molecular formula is C23H21BrN2O2. The van der Waals surface area contributed by atoms with Crippen LogP contribution in [0.4, 0.5) is 5.69 Å². The van der Waals surface area contributed by atoms with Crippen LogP contribution in [0.5, 0.6) is 0 Å². The molecule has 5 heteroatoms. The van der Waals surface area contributed by atoms with Gasteiger partial charge < -0.3 is 10.6 Å². The molecule has 0 spiro atoms. The van der Waals surface area contributed by atoms with Gasteiger partial charge in [-0.05, 0) is 35.4 Å². The van der Waals surface area contributed by atoms with Crippen molar-refractivity contribution in [1.82, 2.24) is 5.32 Å². The second kappa shape index (κ2) is 9.85. The van der Waals surface area contributed by atoms with Crippen LogP contribution in [0.2, 0.25) is 0 Å². The number of hydrogen-bond donors (Lipinski definition) is 2. The van der Waals surface area contributed by atoms with Crippen molar-refractivity contribution in [3.63, 3.8) is 0 Å². The van der Waals surface area contributed by atoms with Crippen LogP contribution in [0.15, 0.2) is 89.4 Å². The minimum absolute atomic E-state index is 0.0584. The minimum atomic E-state index is -0.258. The third-order valence-electron chi connectivity index (χ3n) is 4.37. The van der Waals surface area contributed by atoms with E-state index in [9.17, 15) is 9.59 Å². The molecule has 0 fully saturated rings. The van der Waals surface area contributed by atoms with Crippen LogP contribution in [0.25, 0.3) is 0 Å². The molecule has 0 aromatic heterocycles. The van der Waals surface area contributed by atoms with Crippen LogP contribution in [-0.4, -0.2) is 18.4 Å². The summed E-state index contributed by atoms with van der Waals surface area (Å²) in [7, 11) is 0. The van der Waals surface area contributed by atoms with Crippen molar-refractivity contribution in [3.05, 3.63) is 101 Å². The quantitative estimate of drug-likeness (QED) is 0.562. The molecule has 3 rings (SSSR count). The van der Waals surface area contributed by atoms with E-state index in [-0.39, 0.29) is 30.7 Å². The largest absolute Gasteiger partial charge is 0.347 e. The zero-order valence-electron chi connectivity index (χ0n) is 15.3. The van der Waals surface area contributed by atoms with Gasteiger partial charge in [0.1, 0.15) is 0 Å². The first-order chi connectivity index (χ1) is 13.6. The van der Waals surface area contributed by atoms with Gasteiger partial charge in [-0.25, -0.2) is 0 Å². The second-order valence-corrected chi connectivity index (χ2v) is 7.33. The molecule has 4 nitrogen and oxygen atoms in total. The molecule has 0 saturated carbocycles. The standard InChI is InChI=1S/C23H21BrN2O2/c24-19-11-13-20(14-12-19)26-23(28)16-25-22(27)15-21(17-7-3-1-4-8-17)18-9-5-2-6-10-18/h1-14,21H,15-16H2,(H,25,27)(H,26,28). The normalized spacial score (nSPS) is 10.5. The molecule has 2 N–H and O–H groups in total. The first-order valence-electron chi connectivity index (χ1n) is 9.04. The molecule has 0 atom stereocenters.